The van der Waals surface area contributed by atoms with Crippen LogP contribution in [-0.2, 0) is 24.4 Å². The molecule has 0 spiro atoms. The van der Waals surface area contributed by atoms with Crippen LogP contribution in [0, 0.1) is 5.82 Å². The molecule has 4 aromatic rings. The van der Waals surface area contributed by atoms with E-state index < -0.39 is 11.8 Å². The van der Waals surface area contributed by atoms with Crippen LogP contribution in [0.15, 0.2) is 84.9 Å². The molecule has 0 aliphatic carbocycles. The van der Waals surface area contributed by atoms with Crippen molar-refractivity contribution >= 4 is 11.8 Å². The summed E-state index contributed by atoms with van der Waals surface area (Å²) < 4.78 is 21.2. The minimum Gasteiger partial charge on any atom is -0.484 e. The van der Waals surface area contributed by atoms with E-state index in [0.717, 1.165) is 16.8 Å². The molecule has 2 amide bonds. The highest BCUT2D eigenvalue weighted by Gasteiger charge is 2.33. The first-order valence-corrected chi connectivity index (χ1v) is 12.3. The zero-order valence-electron chi connectivity index (χ0n) is 20.9. The van der Waals surface area contributed by atoms with E-state index in [-0.39, 0.29) is 30.6 Å². The van der Waals surface area contributed by atoms with Gasteiger partial charge in [-0.2, -0.15) is 5.10 Å². The number of likely N-dealkylation sites (N-methyl/N-ethyl adjacent to an activating group) is 1. The third kappa shape index (κ3) is 5.73. The number of hydrazine groups is 1. The molecule has 2 N–H and O–H groups in total. The Morgan fingerprint density at radius 1 is 0.947 bits per heavy atom. The van der Waals surface area contributed by atoms with E-state index >= 15 is 0 Å². The van der Waals surface area contributed by atoms with Crippen molar-refractivity contribution in [1.82, 2.24) is 25.5 Å². The topological polar surface area (TPSA) is 88.5 Å². The predicted molar refractivity (Wildman–Crippen MR) is 140 cm³/mol. The molecule has 0 fully saturated rings. The first-order chi connectivity index (χ1) is 18.5. The summed E-state index contributed by atoms with van der Waals surface area (Å²) in [5, 5.41) is 4.69. The SMILES string of the molecule is CN1Cc2c(OCc3ccccc3)c(C(=O)NNC(=O)Cc3ccc(F)cc3)nn2[C@@H](c2ccccc2)C1. The van der Waals surface area contributed by atoms with Gasteiger partial charge in [0, 0.05) is 13.1 Å². The maximum atomic E-state index is 13.3. The lowest BCUT2D eigenvalue weighted by atomic mass is 10.0. The number of carbonyl (C=O) groups is 2. The molecule has 194 valence electrons. The van der Waals surface area contributed by atoms with Gasteiger partial charge in [-0.1, -0.05) is 72.8 Å². The summed E-state index contributed by atoms with van der Waals surface area (Å²) in [7, 11) is 2.02. The second-order valence-corrected chi connectivity index (χ2v) is 9.27. The van der Waals surface area contributed by atoms with Crippen molar-refractivity contribution in [3.8, 4) is 5.75 Å². The van der Waals surface area contributed by atoms with E-state index in [2.05, 4.69) is 20.9 Å². The molecule has 3 aromatic carbocycles. The summed E-state index contributed by atoms with van der Waals surface area (Å²) in [6, 6.07) is 25.2. The number of fused-ring (bicyclic) bond motifs is 1. The third-order valence-electron chi connectivity index (χ3n) is 6.38. The van der Waals surface area contributed by atoms with Gasteiger partial charge in [0.15, 0.2) is 11.4 Å². The number of rotatable bonds is 7. The van der Waals surface area contributed by atoms with Crippen molar-refractivity contribution in [2.75, 3.05) is 13.6 Å². The molecule has 0 unspecified atom stereocenters. The molecule has 0 bridgehead atoms. The largest absolute Gasteiger partial charge is 0.484 e. The molecule has 38 heavy (non-hydrogen) atoms. The van der Waals surface area contributed by atoms with Crippen LogP contribution in [0.4, 0.5) is 4.39 Å². The summed E-state index contributed by atoms with van der Waals surface area (Å²) in [5.74, 6) is -1.03. The van der Waals surface area contributed by atoms with Crippen molar-refractivity contribution in [2.45, 2.75) is 25.6 Å². The Balaban J connectivity index is 1.40. The molecule has 0 radical (unpaired) electrons. The standard InChI is InChI=1S/C29H28FN5O3/c1-34-17-24(22-10-6-3-7-11-22)35-25(18-34)28(38-19-21-8-4-2-5-9-21)27(33-35)29(37)32-31-26(36)16-20-12-14-23(30)15-13-20/h2-15,24H,16-19H2,1H3,(H,31,36)(H,32,37)/t24-/m1/s1. The molecule has 1 aliphatic heterocycles. The first kappa shape index (κ1) is 25.2. The molecule has 1 aliphatic rings. The normalized spacial score (nSPS) is 14.9. The second-order valence-electron chi connectivity index (χ2n) is 9.27. The average molecular weight is 514 g/mol. The van der Waals surface area contributed by atoms with Gasteiger partial charge in [0.2, 0.25) is 5.91 Å². The van der Waals surface area contributed by atoms with E-state index in [1.165, 1.54) is 24.3 Å². The van der Waals surface area contributed by atoms with Gasteiger partial charge in [-0.3, -0.25) is 30.0 Å². The van der Waals surface area contributed by atoms with E-state index in [9.17, 15) is 14.0 Å². The Hall–Kier alpha value is -4.50. The maximum absolute atomic E-state index is 13.3. The number of ether oxygens (including phenoxy) is 1. The minimum absolute atomic E-state index is 0.0154. The summed E-state index contributed by atoms with van der Waals surface area (Å²) in [6.45, 7) is 1.52. The van der Waals surface area contributed by atoms with Crippen LogP contribution in [0.3, 0.4) is 0 Å². The fourth-order valence-electron chi connectivity index (χ4n) is 4.52. The van der Waals surface area contributed by atoms with Crippen LogP contribution in [-0.4, -0.2) is 40.1 Å². The van der Waals surface area contributed by atoms with Gasteiger partial charge < -0.3 is 4.74 Å². The number of nitrogens with one attached hydrogen (secondary N) is 2. The van der Waals surface area contributed by atoms with Crippen LogP contribution in [0.25, 0.3) is 0 Å². The molecular weight excluding hydrogens is 485 g/mol. The average Bonchev–Trinajstić information content (AvgIpc) is 3.30. The van der Waals surface area contributed by atoms with Gasteiger partial charge in [0.05, 0.1) is 18.2 Å². The summed E-state index contributed by atoms with van der Waals surface area (Å²) >= 11 is 0. The van der Waals surface area contributed by atoms with Gasteiger partial charge in [0.25, 0.3) is 5.91 Å². The monoisotopic (exact) mass is 513 g/mol. The Labute approximate surface area is 220 Å². The van der Waals surface area contributed by atoms with Crippen molar-refractivity contribution < 1.29 is 18.7 Å². The summed E-state index contributed by atoms with van der Waals surface area (Å²) in [5.41, 5.74) is 8.41. The Morgan fingerprint density at radius 2 is 1.63 bits per heavy atom. The molecule has 1 atom stereocenters. The quantitative estimate of drug-likeness (QED) is 0.369. The molecular formula is C29H28FN5O3. The molecule has 2 heterocycles. The first-order valence-electron chi connectivity index (χ1n) is 12.3. The third-order valence-corrected chi connectivity index (χ3v) is 6.38. The lowest BCUT2D eigenvalue weighted by Crippen LogP contribution is -2.42. The zero-order valence-corrected chi connectivity index (χ0v) is 20.9. The second kappa shape index (κ2) is 11.3. The zero-order chi connectivity index (χ0) is 26.5. The van der Waals surface area contributed by atoms with Crippen molar-refractivity contribution in [3.05, 3.63) is 119 Å². The van der Waals surface area contributed by atoms with Crippen molar-refractivity contribution in [2.24, 2.45) is 0 Å². The number of amides is 2. The highest BCUT2D eigenvalue weighted by Crippen LogP contribution is 2.34. The summed E-state index contributed by atoms with van der Waals surface area (Å²) in [4.78, 5) is 27.9. The van der Waals surface area contributed by atoms with Gasteiger partial charge >= 0.3 is 0 Å². The van der Waals surface area contributed by atoms with Crippen LogP contribution in [0.1, 0.15) is 38.9 Å². The smallest absolute Gasteiger partial charge is 0.294 e. The van der Waals surface area contributed by atoms with Crippen molar-refractivity contribution in [3.63, 3.8) is 0 Å². The van der Waals surface area contributed by atoms with E-state index in [4.69, 9.17) is 4.74 Å². The predicted octanol–water partition coefficient (Wildman–Crippen LogP) is 3.64. The lowest BCUT2D eigenvalue weighted by Gasteiger charge is -2.31. The van der Waals surface area contributed by atoms with Gasteiger partial charge in [0.1, 0.15) is 12.4 Å². The number of nitrogens with zero attached hydrogens (tertiary/aromatic N) is 3. The van der Waals surface area contributed by atoms with E-state index in [1.807, 2.05) is 72.4 Å². The lowest BCUT2D eigenvalue weighted by molar-refractivity contribution is -0.121. The van der Waals surface area contributed by atoms with Crippen molar-refractivity contribution in [1.29, 1.82) is 0 Å². The Kier molecular flexibility index (Phi) is 7.46. The Morgan fingerprint density at radius 3 is 2.34 bits per heavy atom. The molecule has 0 saturated carbocycles. The van der Waals surface area contributed by atoms with Gasteiger partial charge in [-0.05, 0) is 35.9 Å². The van der Waals surface area contributed by atoms with Crippen LogP contribution in [0.2, 0.25) is 0 Å². The number of carbonyl (C=O) groups excluding carboxylic acids is 2. The molecule has 1 aromatic heterocycles. The molecule has 9 heteroatoms. The highest BCUT2D eigenvalue weighted by atomic mass is 19.1. The molecule has 5 rings (SSSR count). The van der Waals surface area contributed by atoms with Gasteiger partial charge in [-0.15, -0.1) is 0 Å². The number of hydrogen-bond donors (Lipinski definition) is 2. The van der Waals surface area contributed by atoms with Gasteiger partial charge in [-0.25, -0.2) is 4.39 Å². The number of hydrogen-bond acceptors (Lipinski definition) is 5. The number of benzene rings is 3. The highest BCUT2D eigenvalue weighted by molar-refractivity contribution is 5.96. The number of aromatic nitrogens is 2. The fourth-order valence-corrected chi connectivity index (χ4v) is 4.52. The molecule has 8 nitrogen and oxygen atoms in total. The van der Waals surface area contributed by atoms with Crippen LogP contribution < -0.4 is 15.6 Å². The Bertz CT molecular complexity index is 1410. The molecule has 0 saturated heterocycles. The number of halogens is 1. The van der Waals surface area contributed by atoms with E-state index in [0.29, 0.717) is 24.4 Å². The fraction of sp³-hybridized carbons (Fsp3) is 0.207. The van der Waals surface area contributed by atoms with Crippen LogP contribution >= 0.6 is 0 Å². The maximum Gasteiger partial charge on any atom is 0.294 e. The van der Waals surface area contributed by atoms with E-state index in [1.54, 1.807) is 0 Å². The van der Waals surface area contributed by atoms with Crippen LogP contribution in [0.5, 0.6) is 5.75 Å². The minimum atomic E-state index is -0.586. The summed E-state index contributed by atoms with van der Waals surface area (Å²) in [6.07, 6.45) is -0.0154.